The Labute approximate surface area is 81.7 Å². The Hall–Kier alpha value is -0.520. The lowest BCUT2D eigenvalue weighted by molar-refractivity contribution is 0.646. The molecule has 0 radical (unpaired) electrons. The molecular weight excluding hydrogens is 156 g/mol. The van der Waals surface area contributed by atoms with E-state index in [-0.39, 0.29) is 0 Å². The first-order valence-corrected chi connectivity index (χ1v) is 5.80. The molecule has 0 N–H and O–H groups in total. The molecule has 2 aliphatic carbocycles. The zero-order chi connectivity index (χ0) is 9.10. The lowest BCUT2D eigenvalue weighted by atomic mass is 9.97. The summed E-state index contributed by atoms with van der Waals surface area (Å²) in [5.74, 6) is 1.68. The number of allylic oxidation sites excluding steroid dienone is 4. The summed E-state index contributed by atoms with van der Waals surface area (Å²) < 4.78 is 0. The lowest BCUT2D eigenvalue weighted by Crippen LogP contribution is -1.94. The van der Waals surface area contributed by atoms with Gasteiger partial charge in [0.25, 0.3) is 0 Å². The molecule has 2 aliphatic rings. The van der Waals surface area contributed by atoms with Gasteiger partial charge in [0.05, 0.1) is 0 Å². The molecule has 0 heterocycles. The maximum Gasteiger partial charge on any atom is -0.00445 e. The van der Waals surface area contributed by atoms with Crippen molar-refractivity contribution in [2.75, 3.05) is 0 Å². The van der Waals surface area contributed by atoms with Gasteiger partial charge in [-0.3, -0.25) is 0 Å². The molecule has 0 bridgehead atoms. The highest BCUT2D eigenvalue weighted by molar-refractivity contribution is 5.31. The quantitative estimate of drug-likeness (QED) is 0.607. The van der Waals surface area contributed by atoms with Gasteiger partial charge in [-0.1, -0.05) is 44.4 Å². The Morgan fingerprint density at radius 1 is 1.31 bits per heavy atom. The van der Waals surface area contributed by atoms with E-state index in [1.807, 2.05) is 0 Å². The van der Waals surface area contributed by atoms with E-state index < -0.39 is 0 Å². The molecule has 1 saturated carbocycles. The summed E-state index contributed by atoms with van der Waals surface area (Å²) in [7, 11) is 0. The van der Waals surface area contributed by atoms with Crippen LogP contribution in [0.5, 0.6) is 0 Å². The number of hydrogen-bond donors (Lipinski definition) is 0. The fourth-order valence-electron chi connectivity index (χ4n) is 2.64. The van der Waals surface area contributed by atoms with Crippen molar-refractivity contribution < 1.29 is 0 Å². The Balaban J connectivity index is 1.94. The van der Waals surface area contributed by atoms with Gasteiger partial charge in [-0.05, 0) is 36.7 Å². The van der Waals surface area contributed by atoms with Crippen molar-refractivity contribution in [3.05, 3.63) is 23.8 Å². The van der Waals surface area contributed by atoms with Gasteiger partial charge < -0.3 is 0 Å². The van der Waals surface area contributed by atoms with E-state index in [9.17, 15) is 0 Å². The molecule has 0 nitrogen and oxygen atoms in total. The van der Waals surface area contributed by atoms with E-state index in [1.54, 1.807) is 5.57 Å². The second-order valence-electron chi connectivity index (χ2n) is 4.46. The van der Waals surface area contributed by atoms with Crippen molar-refractivity contribution in [3.63, 3.8) is 0 Å². The monoisotopic (exact) mass is 176 g/mol. The fraction of sp³-hybridized carbons (Fsp3) is 0.692. The topological polar surface area (TPSA) is 0 Å². The molecule has 0 amide bonds. The number of hydrogen-bond acceptors (Lipinski definition) is 0. The van der Waals surface area contributed by atoms with Gasteiger partial charge in [-0.15, -0.1) is 0 Å². The van der Waals surface area contributed by atoms with Crippen LogP contribution in [0.1, 0.15) is 45.4 Å². The highest BCUT2D eigenvalue weighted by Crippen LogP contribution is 2.35. The summed E-state index contributed by atoms with van der Waals surface area (Å²) in [6, 6.07) is 0. The average Bonchev–Trinajstić information content (AvgIpc) is 2.70. The van der Waals surface area contributed by atoms with E-state index in [1.165, 1.54) is 38.5 Å². The first-order valence-electron chi connectivity index (χ1n) is 5.80. The van der Waals surface area contributed by atoms with Crippen LogP contribution in [0.25, 0.3) is 0 Å². The molecule has 1 unspecified atom stereocenters. The summed E-state index contributed by atoms with van der Waals surface area (Å²) in [6.45, 7) is 2.27. The molecular formula is C13H20. The molecule has 0 aliphatic heterocycles. The first kappa shape index (κ1) is 9.05. The summed E-state index contributed by atoms with van der Waals surface area (Å²) in [4.78, 5) is 0. The van der Waals surface area contributed by atoms with Crippen LogP contribution in [0, 0.1) is 11.8 Å². The Bertz CT molecular complexity index is 216. The second kappa shape index (κ2) is 4.13. The maximum absolute atomic E-state index is 2.51. The maximum atomic E-state index is 2.51. The van der Waals surface area contributed by atoms with E-state index in [0.717, 1.165) is 11.8 Å². The molecule has 0 aromatic rings. The lowest BCUT2D eigenvalue weighted by Gasteiger charge is -2.08. The standard InChI is InChI=1S/C13H20/c1-2-5-11-8-9-13(10-11)12-6-3-4-7-12/h8-12H,2-7H2,1H3. The van der Waals surface area contributed by atoms with E-state index >= 15 is 0 Å². The van der Waals surface area contributed by atoms with E-state index in [4.69, 9.17) is 0 Å². The summed E-state index contributed by atoms with van der Waals surface area (Å²) in [6.07, 6.45) is 15.7. The Morgan fingerprint density at radius 3 is 2.77 bits per heavy atom. The van der Waals surface area contributed by atoms with Crippen LogP contribution < -0.4 is 0 Å². The Kier molecular flexibility index (Phi) is 2.87. The van der Waals surface area contributed by atoms with Gasteiger partial charge in [0.1, 0.15) is 0 Å². The predicted molar refractivity (Wildman–Crippen MR) is 57.6 cm³/mol. The van der Waals surface area contributed by atoms with Gasteiger partial charge in [0.15, 0.2) is 0 Å². The van der Waals surface area contributed by atoms with E-state index in [2.05, 4.69) is 25.2 Å². The normalized spacial score (nSPS) is 28.4. The molecule has 2 rings (SSSR count). The van der Waals surface area contributed by atoms with Crippen molar-refractivity contribution >= 4 is 0 Å². The third-order valence-corrected chi connectivity index (χ3v) is 3.39. The van der Waals surface area contributed by atoms with Crippen molar-refractivity contribution in [2.24, 2.45) is 11.8 Å². The minimum absolute atomic E-state index is 0.764. The van der Waals surface area contributed by atoms with Gasteiger partial charge in [-0.25, -0.2) is 0 Å². The van der Waals surface area contributed by atoms with Gasteiger partial charge >= 0.3 is 0 Å². The number of rotatable bonds is 3. The third-order valence-electron chi connectivity index (χ3n) is 3.39. The van der Waals surface area contributed by atoms with Crippen LogP contribution in [0.15, 0.2) is 23.8 Å². The minimum atomic E-state index is 0.764. The van der Waals surface area contributed by atoms with Gasteiger partial charge in [0, 0.05) is 0 Å². The summed E-state index contributed by atoms with van der Waals surface area (Å²) >= 11 is 0. The highest BCUT2D eigenvalue weighted by Gasteiger charge is 2.20. The van der Waals surface area contributed by atoms with E-state index in [0.29, 0.717) is 0 Å². The van der Waals surface area contributed by atoms with Gasteiger partial charge in [-0.2, -0.15) is 0 Å². The first-order chi connectivity index (χ1) is 6.40. The van der Waals surface area contributed by atoms with Crippen LogP contribution in [-0.4, -0.2) is 0 Å². The van der Waals surface area contributed by atoms with Crippen LogP contribution in [0.4, 0.5) is 0 Å². The molecule has 0 heteroatoms. The highest BCUT2D eigenvalue weighted by atomic mass is 14.3. The molecule has 0 saturated heterocycles. The fourth-order valence-corrected chi connectivity index (χ4v) is 2.64. The van der Waals surface area contributed by atoms with Crippen LogP contribution in [0.3, 0.4) is 0 Å². The molecule has 0 aromatic carbocycles. The van der Waals surface area contributed by atoms with Crippen molar-refractivity contribution in [1.82, 2.24) is 0 Å². The minimum Gasteiger partial charge on any atom is -0.0773 e. The largest absolute Gasteiger partial charge is 0.0773 e. The van der Waals surface area contributed by atoms with Crippen LogP contribution >= 0.6 is 0 Å². The van der Waals surface area contributed by atoms with Crippen LogP contribution in [0.2, 0.25) is 0 Å². The summed E-state index contributed by atoms with van der Waals surface area (Å²) in [5, 5.41) is 0. The SMILES string of the molecule is CCCC1C=CC(C2CCCC2)=C1. The molecule has 0 spiro atoms. The summed E-state index contributed by atoms with van der Waals surface area (Å²) in [5.41, 5.74) is 1.65. The third kappa shape index (κ3) is 2.04. The second-order valence-corrected chi connectivity index (χ2v) is 4.46. The Morgan fingerprint density at radius 2 is 2.08 bits per heavy atom. The molecule has 0 aromatic heterocycles. The average molecular weight is 176 g/mol. The molecule has 1 fully saturated rings. The zero-order valence-corrected chi connectivity index (χ0v) is 8.63. The van der Waals surface area contributed by atoms with Crippen molar-refractivity contribution in [1.29, 1.82) is 0 Å². The van der Waals surface area contributed by atoms with Crippen molar-refractivity contribution in [2.45, 2.75) is 45.4 Å². The smallest absolute Gasteiger partial charge is 0.00445 e. The predicted octanol–water partition coefficient (Wildman–Crippen LogP) is 4.09. The molecule has 72 valence electrons. The van der Waals surface area contributed by atoms with Crippen LogP contribution in [-0.2, 0) is 0 Å². The zero-order valence-electron chi connectivity index (χ0n) is 8.63. The molecule has 13 heavy (non-hydrogen) atoms. The van der Waals surface area contributed by atoms with Crippen molar-refractivity contribution in [3.8, 4) is 0 Å². The van der Waals surface area contributed by atoms with Gasteiger partial charge in [0.2, 0.25) is 0 Å². The molecule has 1 atom stereocenters.